The Bertz CT molecular complexity index is 203. The fourth-order valence-corrected chi connectivity index (χ4v) is 2.91. The molecule has 0 amide bonds. The van der Waals surface area contributed by atoms with Gasteiger partial charge >= 0.3 is 0 Å². The topological polar surface area (TPSA) is 17.1 Å². The van der Waals surface area contributed by atoms with Crippen LogP contribution in [0.15, 0.2) is 0 Å². The molecule has 0 fully saturated rings. The van der Waals surface area contributed by atoms with E-state index < -0.39 is 0 Å². The molecule has 0 aliphatic heterocycles. The maximum Gasteiger partial charge on any atom is 0.189 e. The molecule has 2 atom stereocenters. The van der Waals surface area contributed by atoms with Crippen LogP contribution in [0.3, 0.4) is 0 Å². The molecule has 1 nitrogen and oxygen atoms in total. The van der Waals surface area contributed by atoms with E-state index in [1.807, 2.05) is 0 Å². The van der Waals surface area contributed by atoms with Crippen LogP contribution < -0.4 is 0 Å². The minimum Gasteiger partial charge on any atom is -0.287 e. The predicted octanol–water partition coefficient (Wildman–Crippen LogP) is 5.64. The van der Waals surface area contributed by atoms with Gasteiger partial charge in [-0.1, -0.05) is 72.1 Å². The molecular weight excluding hydrogens is 240 g/mol. The second-order valence-electron chi connectivity index (χ2n) is 5.62. The first-order valence-electron chi connectivity index (χ1n) is 7.86. The molecule has 0 spiro atoms. The minimum atomic E-state index is 0.104. The van der Waals surface area contributed by atoms with E-state index in [0.29, 0.717) is 5.92 Å². The summed E-state index contributed by atoms with van der Waals surface area (Å²) >= 11 is 4.07. The standard InChI is InChI=1S/C16H32OS/c1-4-6-8-9-10-11-13-15(16(17)18)14(3)12-7-5-2/h14-15H,4-13H2,1-3H3,(H,17,18)/t14?,15-/m0/s1. The summed E-state index contributed by atoms with van der Waals surface area (Å²) in [6.45, 7) is 6.66. The number of hydrogen-bond donors (Lipinski definition) is 1. The first kappa shape index (κ1) is 18.0. The third-order valence-electron chi connectivity index (χ3n) is 3.89. The zero-order chi connectivity index (χ0) is 13.8. The van der Waals surface area contributed by atoms with Crippen molar-refractivity contribution in [2.45, 2.75) is 85.0 Å². The zero-order valence-corrected chi connectivity index (χ0v) is 13.5. The monoisotopic (exact) mass is 272 g/mol. The Kier molecular flexibility index (Phi) is 12.1. The van der Waals surface area contributed by atoms with Crippen LogP contribution in [0.25, 0.3) is 0 Å². The van der Waals surface area contributed by atoms with Crippen LogP contribution in [0.2, 0.25) is 0 Å². The maximum atomic E-state index is 11.6. The van der Waals surface area contributed by atoms with Gasteiger partial charge in [-0.2, -0.15) is 0 Å². The number of unbranched alkanes of at least 4 members (excludes halogenated alkanes) is 6. The molecule has 0 saturated heterocycles. The van der Waals surface area contributed by atoms with Crippen molar-refractivity contribution in [2.24, 2.45) is 11.8 Å². The van der Waals surface area contributed by atoms with Gasteiger partial charge in [0.1, 0.15) is 0 Å². The van der Waals surface area contributed by atoms with Crippen molar-refractivity contribution in [3.05, 3.63) is 0 Å². The SMILES string of the molecule is CCCCCCCC[C@H](C(=O)S)C(C)CCCC. The summed E-state index contributed by atoms with van der Waals surface area (Å²) in [5.74, 6) is 0.691. The van der Waals surface area contributed by atoms with Crippen molar-refractivity contribution in [1.29, 1.82) is 0 Å². The van der Waals surface area contributed by atoms with Gasteiger partial charge in [-0.05, 0) is 18.8 Å². The number of carbonyl (C=O) groups is 1. The van der Waals surface area contributed by atoms with Crippen LogP contribution in [-0.4, -0.2) is 5.12 Å². The second kappa shape index (κ2) is 12.1. The smallest absolute Gasteiger partial charge is 0.189 e. The summed E-state index contributed by atoms with van der Waals surface area (Å²) in [6.07, 6.45) is 12.4. The molecule has 0 heterocycles. The lowest BCUT2D eigenvalue weighted by molar-refractivity contribution is -0.115. The van der Waals surface area contributed by atoms with E-state index in [1.165, 1.54) is 57.8 Å². The predicted molar refractivity (Wildman–Crippen MR) is 84.2 cm³/mol. The molecule has 108 valence electrons. The maximum absolute atomic E-state index is 11.6. The van der Waals surface area contributed by atoms with Gasteiger partial charge in [0, 0.05) is 5.92 Å². The molecule has 0 aromatic rings. The molecule has 0 radical (unpaired) electrons. The van der Waals surface area contributed by atoms with E-state index in [2.05, 4.69) is 33.4 Å². The van der Waals surface area contributed by atoms with Crippen LogP contribution in [0.5, 0.6) is 0 Å². The Balaban J connectivity index is 3.79. The summed E-state index contributed by atoms with van der Waals surface area (Å²) in [4.78, 5) is 11.6. The number of carbonyl (C=O) groups excluding carboxylic acids is 1. The van der Waals surface area contributed by atoms with Gasteiger partial charge in [0.25, 0.3) is 0 Å². The molecule has 0 rings (SSSR count). The van der Waals surface area contributed by atoms with Crippen LogP contribution in [0.4, 0.5) is 0 Å². The first-order chi connectivity index (χ1) is 8.63. The quantitative estimate of drug-likeness (QED) is 0.359. The van der Waals surface area contributed by atoms with Gasteiger partial charge in [-0.15, -0.1) is 12.6 Å². The highest BCUT2D eigenvalue weighted by Gasteiger charge is 2.21. The first-order valence-corrected chi connectivity index (χ1v) is 8.31. The summed E-state index contributed by atoms with van der Waals surface area (Å²) in [7, 11) is 0. The third kappa shape index (κ3) is 9.02. The summed E-state index contributed by atoms with van der Waals surface area (Å²) in [6, 6.07) is 0. The molecule has 0 bridgehead atoms. The fourth-order valence-electron chi connectivity index (χ4n) is 2.52. The van der Waals surface area contributed by atoms with Crippen LogP contribution in [0.1, 0.15) is 85.0 Å². The molecule has 0 aliphatic carbocycles. The van der Waals surface area contributed by atoms with E-state index in [4.69, 9.17) is 0 Å². The van der Waals surface area contributed by atoms with Crippen molar-refractivity contribution in [1.82, 2.24) is 0 Å². The highest BCUT2D eigenvalue weighted by molar-refractivity contribution is 7.96. The Morgan fingerprint density at radius 3 is 2.00 bits per heavy atom. The summed E-state index contributed by atoms with van der Waals surface area (Å²) in [5, 5.41) is 0.104. The van der Waals surface area contributed by atoms with Gasteiger partial charge in [-0.3, -0.25) is 4.79 Å². The summed E-state index contributed by atoms with van der Waals surface area (Å²) < 4.78 is 0. The van der Waals surface area contributed by atoms with E-state index in [-0.39, 0.29) is 11.0 Å². The van der Waals surface area contributed by atoms with E-state index in [1.54, 1.807) is 0 Å². The van der Waals surface area contributed by atoms with Crippen LogP contribution in [0, 0.1) is 11.8 Å². The Labute approximate surface area is 120 Å². The molecule has 18 heavy (non-hydrogen) atoms. The lowest BCUT2D eigenvalue weighted by atomic mass is 9.86. The zero-order valence-electron chi connectivity index (χ0n) is 12.6. The van der Waals surface area contributed by atoms with Gasteiger partial charge in [0.15, 0.2) is 5.12 Å². The highest BCUT2D eigenvalue weighted by Crippen LogP contribution is 2.26. The number of hydrogen-bond acceptors (Lipinski definition) is 1. The van der Waals surface area contributed by atoms with Gasteiger partial charge in [0.05, 0.1) is 0 Å². The van der Waals surface area contributed by atoms with Crippen molar-refractivity contribution in [3.8, 4) is 0 Å². The van der Waals surface area contributed by atoms with Crippen molar-refractivity contribution < 1.29 is 4.79 Å². The van der Waals surface area contributed by atoms with E-state index in [0.717, 1.165) is 6.42 Å². The lowest BCUT2D eigenvalue weighted by Crippen LogP contribution is -2.18. The van der Waals surface area contributed by atoms with E-state index in [9.17, 15) is 4.79 Å². The molecule has 1 unspecified atom stereocenters. The van der Waals surface area contributed by atoms with Crippen LogP contribution in [-0.2, 0) is 4.79 Å². The van der Waals surface area contributed by atoms with Gasteiger partial charge < -0.3 is 0 Å². The van der Waals surface area contributed by atoms with Crippen LogP contribution >= 0.6 is 12.6 Å². The largest absolute Gasteiger partial charge is 0.287 e. The Morgan fingerprint density at radius 1 is 0.889 bits per heavy atom. The van der Waals surface area contributed by atoms with Gasteiger partial charge in [0.2, 0.25) is 0 Å². The normalized spacial score (nSPS) is 14.4. The molecule has 2 heteroatoms. The Morgan fingerprint density at radius 2 is 1.44 bits per heavy atom. The number of rotatable bonds is 12. The second-order valence-corrected chi connectivity index (χ2v) is 6.06. The molecule has 0 saturated carbocycles. The molecule has 0 aliphatic rings. The summed E-state index contributed by atoms with van der Waals surface area (Å²) in [5.41, 5.74) is 0. The fraction of sp³-hybridized carbons (Fsp3) is 0.938. The number of thiol groups is 1. The minimum absolute atomic E-state index is 0.104. The third-order valence-corrected chi connectivity index (χ3v) is 4.22. The lowest BCUT2D eigenvalue weighted by Gasteiger charge is -2.20. The van der Waals surface area contributed by atoms with Crippen molar-refractivity contribution in [3.63, 3.8) is 0 Å². The van der Waals surface area contributed by atoms with Gasteiger partial charge in [-0.25, -0.2) is 0 Å². The molecular formula is C16H32OS. The Hall–Kier alpha value is 0.0200. The van der Waals surface area contributed by atoms with Crippen molar-refractivity contribution in [2.75, 3.05) is 0 Å². The highest BCUT2D eigenvalue weighted by atomic mass is 32.1. The molecule has 0 aromatic carbocycles. The average molecular weight is 272 g/mol. The molecule has 0 aromatic heterocycles. The van der Waals surface area contributed by atoms with E-state index >= 15 is 0 Å². The average Bonchev–Trinajstić information content (AvgIpc) is 2.34. The van der Waals surface area contributed by atoms with Crippen molar-refractivity contribution >= 4 is 17.7 Å². The molecule has 0 N–H and O–H groups in total.